The lowest BCUT2D eigenvalue weighted by Crippen LogP contribution is -2.27. The van der Waals surface area contributed by atoms with Crippen molar-refractivity contribution in [1.82, 2.24) is 5.32 Å². The number of ether oxygens (including phenoxy) is 1. The second-order valence-corrected chi connectivity index (χ2v) is 3.58. The number of methoxy groups -OCH3 is 1. The predicted octanol–water partition coefficient (Wildman–Crippen LogP) is 2.25. The fourth-order valence-corrected chi connectivity index (χ4v) is 1.39. The average Bonchev–Trinajstić information content (AvgIpc) is 2.28. The Balaban J connectivity index is 2.80. The molecule has 0 heterocycles. The van der Waals surface area contributed by atoms with Gasteiger partial charge in [-0.25, -0.2) is 4.39 Å². The third-order valence-electron chi connectivity index (χ3n) is 2.17. The van der Waals surface area contributed by atoms with Crippen molar-refractivity contribution in [3.8, 4) is 5.75 Å². The largest absolute Gasteiger partial charge is 0.494 e. The van der Waals surface area contributed by atoms with Crippen LogP contribution in [-0.4, -0.2) is 18.9 Å². The predicted molar refractivity (Wildman–Crippen MR) is 60.2 cm³/mol. The van der Waals surface area contributed by atoms with E-state index in [4.69, 9.17) is 16.3 Å². The lowest BCUT2D eigenvalue weighted by molar-refractivity contribution is -0.119. The summed E-state index contributed by atoms with van der Waals surface area (Å²) in [6.07, 6.45) is 0. The highest BCUT2D eigenvalue weighted by Crippen LogP contribution is 2.21. The first kappa shape index (κ1) is 12.8. The summed E-state index contributed by atoms with van der Waals surface area (Å²) in [5.41, 5.74) is 0.664. The quantitative estimate of drug-likeness (QED) is 0.827. The molecule has 0 spiro atoms. The molecule has 1 rings (SSSR count). The molecule has 0 saturated heterocycles. The molecule has 1 atom stereocenters. The topological polar surface area (TPSA) is 38.3 Å². The van der Waals surface area contributed by atoms with Crippen LogP contribution in [0.5, 0.6) is 5.75 Å². The molecule has 0 aliphatic heterocycles. The van der Waals surface area contributed by atoms with Crippen LogP contribution in [0.2, 0.25) is 0 Å². The summed E-state index contributed by atoms with van der Waals surface area (Å²) in [5, 5.41) is 2.63. The number of alkyl halides is 1. The number of carbonyl (C=O) groups is 1. The molecule has 3 nitrogen and oxygen atoms in total. The summed E-state index contributed by atoms with van der Waals surface area (Å²) < 4.78 is 18.2. The molecule has 0 aliphatic carbocycles. The molecule has 88 valence electrons. The van der Waals surface area contributed by atoms with Crippen LogP contribution in [0.4, 0.5) is 4.39 Å². The Morgan fingerprint density at radius 1 is 1.62 bits per heavy atom. The summed E-state index contributed by atoms with van der Waals surface area (Å²) >= 11 is 5.36. The Kier molecular flexibility index (Phi) is 4.55. The molecule has 0 saturated carbocycles. The van der Waals surface area contributed by atoms with Gasteiger partial charge in [-0.1, -0.05) is 6.07 Å². The Labute approximate surface area is 98.5 Å². The molecule has 5 heteroatoms. The van der Waals surface area contributed by atoms with Crippen LogP contribution in [0.3, 0.4) is 0 Å². The van der Waals surface area contributed by atoms with Crippen molar-refractivity contribution in [2.45, 2.75) is 13.0 Å². The number of carbonyl (C=O) groups excluding carboxylic acids is 1. The highest BCUT2D eigenvalue weighted by Gasteiger charge is 2.11. The molecule has 0 aromatic heterocycles. The first-order valence-electron chi connectivity index (χ1n) is 4.77. The van der Waals surface area contributed by atoms with E-state index < -0.39 is 5.82 Å². The van der Waals surface area contributed by atoms with Gasteiger partial charge in [0.25, 0.3) is 0 Å². The first-order valence-corrected chi connectivity index (χ1v) is 5.30. The summed E-state index contributed by atoms with van der Waals surface area (Å²) in [4.78, 5) is 11.0. The Bertz CT molecular complexity index is 384. The van der Waals surface area contributed by atoms with Crippen LogP contribution < -0.4 is 10.1 Å². The molecule has 1 unspecified atom stereocenters. The van der Waals surface area contributed by atoms with Crippen molar-refractivity contribution in [2.24, 2.45) is 0 Å². The molecule has 1 N–H and O–H groups in total. The molecule has 1 aromatic rings. The Hall–Kier alpha value is -1.29. The zero-order valence-corrected chi connectivity index (χ0v) is 9.84. The Morgan fingerprint density at radius 3 is 2.81 bits per heavy atom. The van der Waals surface area contributed by atoms with Gasteiger partial charge in [0, 0.05) is 0 Å². The van der Waals surface area contributed by atoms with E-state index in [1.165, 1.54) is 19.2 Å². The van der Waals surface area contributed by atoms with Crippen LogP contribution in [0.25, 0.3) is 0 Å². The standard InChI is InChI=1S/C11H13ClFNO2/c1-7(14-11(15)6-12)8-3-4-10(16-2)9(13)5-8/h3-5,7H,6H2,1-2H3,(H,14,15). The molecule has 16 heavy (non-hydrogen) atoms. The van der Waals surface area contributed by atoms with Gasteiger partial charge in [-0.3, -0.25) is 4.79 Å². The fourth-order valence-electron chi connectivity index (χ4n) is 1.32. The minimum absolute atomic E-state index is 0.108. The van der Waals surface area contributed by atoms with Crippen molar-refractivity contribution in [3.63, 3.8) is 0 Å². The highest BCUT2D eigenvalue weighted by molar-refractivity contribution is 6.27. The highest BCUT2D eigenvalue weighted by atomic mass is 35.5. The number of nitrogens with one attached hydrogen (secondary N) is 1. The second kappa shape index (κ2) is 5.70. The van der Waals surface area contributed by atoms with Crippen LogP contribution in [0.15, 0.2) is 18.2 Å². The second-order valence-electron chi connectivity index (χ2n) is 3.32. The van der Waals surface area contributed by atoms with E-state index in [1.807, 2.05) is 0 Å². The molecular weight excluding hydrogens is 233 g/mol. The smallest absolute Gasteiger partial charge is 0.235 e. The molecule has 1 amide bonds. The minimum atomic E-state index is -0.452. The van der Waals surface area contributed by atoms with E-state index in [9.17, 15) is 9.18 Å². The third kappa shape index (κ3) is 3.10. The van der Waals surface area contributed by atoms with Crippen LogP contribution in [0, 0.1) is 5.82 Å². The van der Waals surface area contributed by atoms with E-state index >= 15 is 0 Å². The zero-order chi connectivity index (χ0) is 12.1. The molecule has 0 radical (unpaired) electrons. The summed E-state index contributed by atoms with van der Waals surface area (Å²) in [6, 6.07) is 4.26. The Morgan fingerprint density at radius 2 is 2.31 bits per heavy atom. The maximum absolute atomic E-state index is 13.4. The number of rotatable bonds is 4. The zero-order valence-electron chi connectivity index (χ0n) is 9.09. The van der Waals surface area contributed by atoms with E-state index in [2.05, 4.69) is 5.32 Å². The van der Waals surface area contributed by atoms with Gasteiger partial charge in [0.1, 0.15) is 5.88 Å². The lowest BCUT2D eigenvalue weighted by atomic mass is 10.1. The van der Waals surface area contributed by atoms with E-state index in [0.29, 0.717) is 5.56 Å². The molecule has 0 bridgehead atoms. The molecular formula is C11H13ClFNO2. The van der Waals surface area contributed by atoms with Crippen LogP contribution in [0.1, 0.15) is 18.5 Å². The maximum atomic E-state index is 13.4. The first-order chi connectivity index (χ1) is 7.58. The molecule has 0 aliphatic rings. The van der Waals surface area contributed by atoms with Crippen molar-refractivity contribution in [1.29, 1.82) is 0 Å². The van der Waals surface area contributed by atoms with Gasteiger partial charge in [-0.15, -0.1) is 11.6 Å². The van der Waals surface area contributed by atoms with Gasteiger partial charge in [-0.05, 0) is 24.6 Å². The average molecular weight is 246 g/mol. The minimum Gasteiger partial charge on any atom is -0.494 e. The summed E-state index contributed by atoms with van der Waals surface area (Å²) in [7, 11) is 1.40. The normalized spacial score (nSPS) is 12.0. The van der Waals surface area contributed by atoms with Crippen LogP contribution >= 0.6 is 11.6 Å². The molecule has 0 fully saturated rings. The van der Waals surface area contributed by atoms with Crippen molar-refractivity contribution < 1.29 is 13.9 Å². The van der Waals surface area contributed by atoms with Gasteiger partial charge in [0.2, 0.25) is 5.91 Å². The van der Waals surface area contributed by atoms with Gasteiger partial charge in [0.05, 0.1) is 13.2 Å². The number of amides is 1. The summed E-state index contributed by atoms with van der Waals surface area (Å²) in [6.45, 7) is 1.76. The van der Waals surface area contributed by atoms with Gasteiger partial charge in [0.15, 0.2) is 11.6 Å². The summed E-state index contributed by atoms with van der Waals surface area (Å²) in [5.74, 6) is -0.667. The number of halogens is 2. The SMILES string of the molecule is COc1ccc(C(C)NC(=O)CCl)cc1F. The molecule has 1 aromatic carbocycles. The number of hydrogen-bond acceptors (Lipinski definition) is 2. The maximum Gasteiger partial charge on any atom is 0.235 e. The van der Waals surface area contributed by atoms with Gasteiger partial charge in [-0.2, -0.15) is 0 Å². The number of benzene rings is 1. The van der Waals surface area contributed by atoms with E-state index in [0.717, 1.165) is 0 Å². The van der Waals surface area contributed by atoms with Gasteiger partial charge >= 0.3 is 0 Å². The van der Waals surface area contributed by atoms with Crippen LogP contribution in [-0.2, 0) is 4.79 Å². The van der Waals surface area contributed by atoms with Crippen molar-refractivity contribution >= 4 is 17.5 Å². The monoisotopic (exact) mass is 245 g/mol. The van der Waals surface area contributed by atoms with E-state index in [-0.39, 0.29) is 23.6 Å². The number of hydrogen-bond donors (Lipinski definition) is 1. The fraction of sp³-hybridized carbons (Fsp3) is 0.364. The third-order valence-corrected chi connectivity index (χ3v) is 2.42. The van der Waals surface area contributed by atoms with Crippen molar-refractivity contribution in [2.75, 3.05) is 13.0 Å². The van der Waals surface area contributed by atoms with Gasteiger partial charge < -0.3 is 10.1 Å². The lowest BCUT2D eigenvalue weighted by Gasteiger charge is -2.14. The van der Waals surface area contributed by atoms with Crippen molar-refractivity contribution in [3.05, 3.63) is 29.6 Å². The van der Waals surface area contributed by atoms with E-state index in [1.54, 1.807) is 13.0 Å².